The normalized spacial score (nSPS) is 21.1. The highest BCUT2D eigenvalue weighted by Crippen LogP contribution is 2.39. The molecule has 0 amide bonds. The molecule has 0 spiro atoms. The molecule has 1 aromatic rings. The van der Waals surface area contributed by atoms with E-state index >= 15 is 0 Å². The Kier molecular flexibility index (Phi) is 9.54. The molecule has 132 valence electrons. The number of benzene rings is 1. The first-order chi connectivity index (χ1) is 10.3. The van der Waals surface area contributed by atoms with Crippen LogP contribution in [0.2, 0.25) is 10.0 Å². The molecular formula is C16H24Cl4N2O. The third-order valence-corrected chi connectivity index (χ3v) is 5.11. The van der Waals surface area contributed by atoms with Gasteiger partial charge >= 0.3 is 0 Å². The van der Waals surface area contributed by atoms with Gasteiger partial charge in [0.15, 0.2) is 0 Å². The third kappa shape index (κ3) is 5.37. The summed E-state index contributed by atoms with van der Waals surface area (Å²) in [5, 5.41) is 5.02. The largest absolute Gasteiger partial charge is 0.381 e. The van der Waals surface area contributed by atoms with E-state index in [2.05, 4.69) is 10.2 Å². The predicted molar refractivity (Wildman–Crippen MR) is 102 cm³/mol. The topological polar surface area (TPSA) is 24.5 Å². The molecule has 0 bridgehead atoms. The van der Waals surface area contributed by atoms with Gasteiger partial charge in [0.1, 0.15) is 0 Å². The lowest BCUT2D eigenvalue weighted by Crippen LogP contribution is -2.47. The molecule has 0 unspecified atom stereocenters. The zero-order chi connectivity index (χ0) is 14.7. The lowest BCUT2D eigenvalue weighted by atomic mass is 9.85. The van der Waals surface area contributed by atoms with E-state index in [4.69, 9.17) is 27.9 Å². The van der Waals surface area contributed by atoms with Gasteiger partial charge in [0.25, 0.3) is 0 Å². The average molecular weight is 402 g/mol. The standard InChI is InChI=1S/C16H22Cl2N2O.2ClH/c17-13-1-2-15(18)14(11-13)16(12-3-9-21-10-4-12)20-7-5-19-6-8-20;;/h1-2,11-12,16,19H,3-10H2;2*1H/t16-;;/m1../s1. The Morgan fingerprint density at radius 1 is 1.09 bits per heavy atom. The van der Waals surface area contributed by atoms with E-state index in [-0.39, 0.29) is 24.8 Å². The Hall–Kier alpha value is 0.260. The number of nitrogens with zero attached hydrogens (tertiary/aromatic N) is 1. The fourth-order valence-corrected chi connectivity index (χ4v) is 3.89. The van der Waals surface area contributed by atoms with Gasteiger partial charge in [-0.25, -0.2) is 0 Å². The van der Waals surface area contributed by atoms with Crippen LogP contribution in [-0.2, 0) is 4.74 Å². The smallest absolute Gasteiger partial charge is 0.0469 e. The fourth-order valence-electron chi connectivity index (χ4n) is 3.48. The van der Waals surface area contributed by atoms with Gasteiger partial charge in [0, 0.05) is 55.5 Å². The molecule has 2 aliphatic rings. The number of rotatable bonds is 3. The maximum Gasteiger partial charge on any atom is 0.0469 e. The highest BCUT2D eigenvalue weighted by molar-refractivity contribution is 6.33. The first-order valence-electron chi connectivity index (χ1n) is 7.73. The van der Waals surface area contributed by atoms with Crippen molar-refractivity contribution in [3.8, 4) is 0 Å². The van der Waals surface area contributed by atoms with Gasteiger partial charge in [-0.3, -0.25) is 4.90 Å². The molecule has 2 saturated heterocycles. The van der Waals surface area contributed by atoms with E-state index in [1.165, 1.54) is 5.56 Å². The molecular weight excluding hydrogens is 378 g/mol. The first-order valence-corrected chi connectivity index (χ1v) is 8.49. The van der Waals surface area contributed by atoms with Crippen molar-refractivity contribution in [3.63, 3.8) is 0 Å². The van der Waals surface area contributed by atoms with Crippen LogP contribution in [0.4, 0.5) is 0 Å². The summed E-state index contributed by atoms with van der Waals surface area (Å²) in [6.07, 6.45) is 2.19. The Morgan fingerprint density at radius 3 is 2.39 bits per heavy atom. The maximum absolute atomic E-state index is 6.50. The van der Waals surface area contributed by atoms with Crippen LogP contribution in [0.15, 0.2) is 18.2 Å². The second kappa shape index (κ2) is 10.3. The second-order valence-corrected chi connectivity index (χ2v) is 6.69. The van der Waals surface area contributed by atoms with Gasteiger partial charge in [-0.2, -0.15) is 0 Å². The fraction of sp³-hybridized carbons (Fsp3) is 0.625. The van der Waals surface area contributed by atoms with Crippen LogP contribution >= 0.6 is 48.0 Å². The van der Waals surface area contributed by atoms with Gasteiger partial charge in [-0.1, -0.05) is 23.2 Å². The van der Waals surface area contributed by atoms with E-state index in [9.17, 15) is 0 Å². The Bertz CT molecular complexity index is 459. The molecule has 3 rings (SSSR count). The monoisotopic (exact) mass is 400 g/mol. The van der Waals surface area contributed by atoms with Crippen molar-refractivity contribution in [1.29, 1.82) is 0 Å². The number of hydrogen-bond acceptors (Lipinski definition) is 3. The third-order valence-electron chi connectivity index (χ3n) is 4.53. The van der Waals surface area contributed by atoms with E-state index in [1.807, 2.05) is 18.2 Å². The SMILES string of the molecule is Cl.Cl.Clc1ccc(Cl)c([C@@H](C2CCOCC2)N2CCNCC2)c1. The average Bonchev–Trinajstić information content (AvgIpc) is 2.53. The van der Waals surface area contributed by atoms with Crippen molar-refractivity contribution in [1.82, 2.24) is 10.2 Å². The molecule has 0 saturated carbocycles. The van der Waals surface area contributed by atoms with Crippen LogP contribution < -0.4 is 5.32 Å². The minimum Gasteiger partial charge on any atom is -0.381 e. The summed E-state index contributed by atoms with van der Waals surface area (Å²) in [5.41, 5.74) is 1.18. The van der Waals surface area contributed by atoms with Crippen molar-refractivity contribution in [2.45, 2.75) is 18.9 Å². The van der Waals surface area contributed by atoms with Gasteiger partial charge in [0.2, 0.25) is 0 Å². The van der Waals surface area contributed by atoms with Crippen LogP contribution in [0.25, 0.3) is 0 Å². The Labute approximate surface area is 160 Å². The van der Waals surface area contributed by atoms with E-state index in [0.717, 1.165) is 62.3 Å². The summed E-state index contributed by atoms with van der Waals surface area (Å²) in [5.74, 6) is 0.591. The van der Waals surface area contributed by atoms with Gasteiger partial charge in [-0.05, 0) is 42.5 Å². The van der Waals surface area contributed by atoms with E-state index in [1.54, 1.807) is 0 Å². The minimum absolute atomic E-state index is 0. The highest BCUT2D eigenvalue weighted by Gasteiger charge is 2.32. The van der Waals surface area contributed by atoms with Crippen molar-refractivity contribution in [3.05, 3.63) is 33.8 Å². The van der Waals surface area contributed by atoms with Crippen molar-refractivity contribution in [2.24, 2.45) is 5.92 Å². The predicted octanol–water partition coefficient (Wildman–Crippen LogP) is 4.21. The molecule has 2 aliphatic heterocycles. The molecule has 2 fully saturated rings. The number of nitrogens with one attached hydrogen (secondary N) is 1. The summed E-state index contributed by atoms with van der Waals surface area (Å²) in [7, 11) is 0. The molecule has 0 aromatic heterocycles. The van der Waals surface area contributed by atoms with Gasteiger partial charge < -0.3 is 10.1 Å². The summed E-state index contributed by atoms with van der Waals surface area (Å²) >= 11 is 12.7. The first kappa shape index (κ1) is 21.3. The van der Waals surface area contributed by atoms with Crippen LogP contribution in [-0.4, -0.2) is 44.3 Å². The molecule has 0 radical (unpaired) electrons. The van der Waals surface area contributed by atoms with Crippen LogP contribution in [0, 0.1) is 5.92 Å². The number of piperazine rings is 1. The number of hydrogen-bond donors (Lipinski definition) is 1. The summed E-state index contributed by atoms with van der Waals surface area (Å²) in [6.45, 7) is 5.91. The maximum atomic E-state index is 6.50. The van der Waals surface area contributed by atoms with Crippen molar-refractivity contribution < 1.29 is 4.74 Å². The van der Waals surface area contributed by atoms with E-state index < -0.39 is 0 Å². The molecule has 0 aliphatic carbocycles. The zero-order valence-electron chi connectivity index (χ0n) is 13.0. The zero-order valence-corrected chi connectivity index (χ0v) is 16.1. The lowest BCUT2D eigenvalue weighted by Gasteiger charge is -2.41. The van der Waals surface area contributed by atoms with Crippen LogP contribution in [0.3, 0.4) is 0 Å². The number of ether oxygens (including phenoxy) is 1. The van der Waals surface area contributed by atoms with Crippen LogP contribution in [0.5, 0.6) is 0 Å². The molecule has 2 heterocycles. The molecule has 3 nitrogen and oxygen atoms in total. The summed E-state index contributed by atoms with van der Waals surface area (Å²) in [4.78, 5) is 2.56. The van der Waals surface area contributed by atoms with Crippen molar-refractivity contribution >= 4 is 48.0 Å². The molecule has 1 atom stereocenters. The summed E-state index contributed by atoms with van der Waals surface area (Å²) in [6, 6.07) is 6.19. The van der Waals surface area contributed by atoms with Crippen molar-refractivity contribution in [2.75, 3.05) is 39.4 Å². The molecule has 1 aromatic carbocycles. The van der Waals surface area contributed by atoms with Gasteiger partial charge in [0.05, 0.1) is 0 Å². The summed E-state index contributed by atoms with van der Waals surface area (Å²) < 4.78 is 5.54. The molecule has 23 heavy (non-hydrogen) atoms. The number of halogens is 4. The molecule has 1 N–H and O–H groups in total. The molecule has 7 heteroatoms. The van der Waals surface area contributed by atoms with E-state index in [0.29, 0.717) is 12.0 Å². The Morgan fingerprint density at radius 2 is 1.74 bits per heavy atom. The quantitative estimate of drug-likeness (QED) is 0.820. The van der Waals surface area contributed by atoms with Crippen LogP contribution in [0.1, 0.15) is 24.4 Å². The minimum atomic E-state index is 0. The Balaban J connectivity index is 0.00000132. The highest BCUT2D eigenvalue weighted by atomic mass is 35.5. The lowest BCUT2D eigenvalue weighted by molar-refractivity contribution is 0.0213. The second-order valence-electron chi connectivity index (χ2n) is 5.85. The van der Waals surface area contributed by atoms with Gasteiger partial charge in [-0.15, -0.1) is 24.8 Å².